The van der Waals surface area contributed by atoms with Crippen molar-refractivity contribution >= 4 is 32.1 Å². The van der Waals surface area contributed by atoms with E-state index in [-0.39, 0.29) is 11.9 Å². The summed E-state index contributed by atoms with van der Waals surface area (Å²) in [6.45, 7) is 1.90. The predicted molar refractivity (Wildman–Crippen MR) is 76.9 cm³/mol. The molecule has 0 saturated carbocycles. The summed E-state index contributed by atoms with van der Waals surface area (Å²) in [7, 11) is 0. The molecule has 3 aromatic rings. The molecule has 0 spiro atoms. The molecule has 0 radical (unpaired) electrons. The molecule has 2 heterocycles. The Balaban J connectivity index is 2.03. The van der Waals surface area contributed by atoms with Crippen molar-refractivity contribution in [3.8, 4) is 0 Å². The first-order valence-electron chi connectivity index (χ1n) is 5.64. The monoisotopic (exact) mass is 277 g/mol. The molecule has 4 heteroatoms. The van der Waals surface area contributed by atoms with E-state index in [9.17, 15) is 4.39 Å². The third kappa shape index (κ3) is 1.96. The van der Waals surface area contributed by atoms with Crippen molar-refractivity contribution in [2.45, 2.75) is 13.0 Å². The number of nitrogens with two attached hydrogens (primary N) is 1. The second kappa shape index (κ2) is 4.46. The van der Waals surface area contributed by atoms with E-state index in [1.54, 1.807) is 28.7 Å². The van der Waals surface area contributed by atoms with Crippen LogP contribution in [0.1, 0.15) is 22.0 Å². The number of thiophene rings is 2. The van der Waals surface area contributed by atoms with Gasteiger partial charge in [-0.1, -0.05) is 6.07 Å². The van der Waals surface area contributed by atoms with Gasteiger partial charge in [-0.15, -0.1) is 22.7 Å². The van der Waals surface area contributed by atoms with Crippen molar-refractivity contribution in [3.63, 3.8) is 0 Å². The molecule has 1 unspecified atom stereocenters. The highest BCUT2D eigenvalue weighted by molar-refractivity contribution is 7.27. The zero-order valence-corrected chi connectivity index (χ0v) is 11.4. The number of rotatable bonds is 2. The molecule has 1 atom stereocenters. The summed E-state index contributed by atoms with van der Waals surface area (Å²) in [5.41, 5.74) is 8.18. The maximum atomic E-state index is 13.1. The quantitative estimate of drug-likeness (QED) is 0.735. The van der Waals surface area contributed by atoms with Crippen molar-refractivity contribution in [2.75, 3.05) is 0 Å². The SMILES string of the molecule is Cc1cc(F)ccc1C(N)c1cc2sccc2s1. The summed E-state index contributed by atoms with van der Waals surface area (Å²) in [5, 5.41) is 2.08. The smallest absolute Gasteiger partial charge is 0.123 e. The minimum atomic E-state index is -0.212. The Labute approximate surface area is 113 Å². The molecule has 0 aliphatic carbocycles. The predicted octanol–water partition coefficient (Wildman–Crippen LogP) is 4.46. The molecule has 92 valence electrons. The molecule has 2 aromatic heterocycles. The van der Waals surface area contributed by atoms with Gasteiger partial charge < -0.3 is 5.73 Å². The Morgan fingerprint density at radius 2 is 2.00 bits per heavy atom. The lowest BCUT2D eigenvalue weighted by Crippen LogP contribution is -2.11. The van der Waals surface area contributed by atoms with Crippen LogP contribution >= 0.6 is 22.7 Å². The largest absolute Gasteiger partial charge is 0.320 e. The van der Waals surface area contributed by atoms with Crippen LogP contribution in [0.3, 0.4) is 0 Å². The normalized spacial score (nSPS) is 13.1. The molecule has 18 heavy (non-hydrogen) atoms. The first kappa shape index (κ1) is 11.8. The Kier molecular flexibility index (Phi) is 2.93. The van der Waals surface area contributed by atoms with Crippen LogP contribution in [0.2, 0.25) is 0 Å². The summed E-state index contributed by atoms with van der Waals surface area (Å²) in [6, 6.07) is 8.86. The van der Waals surface area contributed by atoms with Crippen LogP contribution in [0.4, 0.5) is 4.39 Å². The number of hydrogen-bond donors (Lipinski definition) is 1. The number of aryl methyl sites for hydroxylation is 1. The lowest BCUT2D eigenvalue weighted by Gasteiger charge is -2.13. The third-order valence-electron chi connectivity index (χ3n) is 3.03. The van der Waals surface area contributed by atoms with E-state index in [4.69, 9.17) is 5.73 Å². The van der Waals surface area contributed by atoms with E-state index in [1.165, 1.54) is 21.5 Å². The molecule has 2 N–H and O–H groups in total. The van der Waals surface area contributed by atoms with E-state index in [1.807, 2.05) is 6.92 Å². The zero-order valence-electron chi connectivity index (χ0n) is 9.81. The van der Waals surface area contributed by atoms with E-state index < -0.39 is 0 Å². The zero-order chi connectivity index (χ0) is 12.7. The molecular weight excluding hydrogens is 265 g/mol. The summed E-state index contributed by atoms with van der Waals surface area (Å²) < 4.78 is 15.6. The van der Waals surface area contributed by atoms with Gasteiger partial charge in [0, 0.05) is 14.3 Å². The van der Waals surface area contributed by atoms with E-state index in [2.05, 4.69) is 17.5 Å². The topological polar surface area (TPSA) is 26.0 Å². The van der Waals surface area contributed by atoms with Gasteiger partial charge in [0.05, 0.1) is 6.04 Å². The second-order valence-corrected chi connectivity index (χ2v) is 6.34. The minimum Gasteiger partial charge on any atom is -0.320 e. The van der Waals surface area contributed by atoms with Gasteiger partial charge in [0.1, 0.15) is 5.82 Å². The number of halogens is 1. The molecule has 1 nitrogen and oxygen atoms in total. The summed E-state index contributed by atoms with van der Waals surface area (Å²) >= 11 is 3.43. The molecule has 0 amide bonds. The highest BCUT2D eigenvalue weighted by atomic mass is 32.1. The summed E-state index contributed by atoms with van der Waals surface area (Å²) in [6.07, 6.45) is 0. The number of fused-ring (bicyclic) bond motifs is 1. The highest BCUT2D eigenvalue weighted by Gasteiger charge is 2.15. The summed E-state index contributed by atoms with van der Waals surface area (Å²) in [4.78, 5) is 1.13. The van der Waals surface area contributed by atoms with E-state index in [0.29, 0.717) is 0 Å². The molecule has 3 rings (SSSR count). The fraction of sp³-hybridized carbons (Fsp3) is 0.143. The van der Waals surface area contributed by atoms with Crippen LogP contribution in [0.15, 0.2) is 35.7 Å². The molecule has 0 aliphatic rings. The van der Waals surface area contributed by atoms with Crippen LogP contribution < -0.4 is 5.73 Å². The van der Waals surface area contributed by atoms with Gasteiger partial charge in [0.25, 0.3) is 0 Å². The molecule has 0 aliphatic heterocycles. The van der Waals surface area contributed by atoms with Gasteiger partial charge in [0.2, 0.25) is 0 Å². The van der Waals surface area contributed by atoms with Crippen LogP contribution in [0, 0.1) is 12.7 Å². The van der Waals surface area contributed by atoms with Crippen molar-refractivity contribution < 1.29 is 4.39 Å². The first-order chi connectivity index (χ1) is 8.65. The minimum absolute atomic E-state index is 0.171. The average molecular weight is 277 g/mol. The van der Waals surface area contributed by atoms with Gasteiger partial charge in [-0.3, -0.25) is 0 Å². The fourth-order valence-corrected chi connectivity index (χ4v) is 4.22. The van der Waals surface area contributed by atoms with Crippen molar-refractivity contribution in [1.29, 1.82) is 0 Å². The van der Waals surface area contributed by atoms with E-state index in [0.717, 1.165) is 16.0 Å². The van der Waals surface area contributed by atoms with Crippen molar-refractivity contribution in [1.82, 2.24) is 0 Å². The average Bonchev–Trinajstić information content (AvgIpc) is 2.87. The summed E-state index contributed by atoms with van der Waals surface area (Å²) in [5.74, 6) is -0.212. The van der Waals surface area contributed by atoms with E-state index >= 15 is 0 Å². The number of benzene rings is 1. The lowest BCUT2D eigenvalue weighted by molar-refractivity contribution is 0.625. The van der Waals surface area contributed by atoms with Gasteiger partial charge in [-0.25, -0.2) is 4.39 Å². The Hall–Kier alpha value is -1.23. The van der Waals surface area contributed by atoms with Crippen LogP contribution in [0.5, 0.6) is 0 Å². The molecule has 1 aromatic carbocycles. The van der Waals surface area contributed by atoms with Crippen LogP contribution in [-0.4, -0.2) is 0 Å². The van der Waals surface area contributed by atoms with Crippen molar-refractivity contribution in [3.05, 3.63) is 57.5 Å². The Morgan fingerprint density at radius 3 is 2.72 bits per heavy atom. The van der Waals surface area contributed by atoms with Gasteiger partial charge in [-0.2, -0.15) is 0 Å². The maximum absolute atomic E-state index is 13.1. The molecule has 0 saturated heterocycles. The third-order valence-corrected chi connectivity index (χ3v) is 5.21. The molecule has 0 fully saturated rings. The molecule has 0 bridgehead atoms. The maximum Gasteiger partial charge on any atom is 0.123 e. The van der Waals surface area contributed by atoms with Crippen LogP contribution in [0.25, 0.3) is 9.40 Å². The van der Waals surface area contributed by atoms with Crippen LogP contribution in [-0.2, 0) is 0 Å². The fourth-order valence-electron chi connectivity index (χ4n) is 2.08. The Morgan fingerprint density at radius 1 is 1.17 bits per heavy atom. The second-order valence-electron chi connectivity index (χ2n) is 4.28. The molecular formula is C14H12FNS2. The Bertz CT molecular complexity index is 670. The first-order valence-corrected chi connectivity index (χ1v) is 7.33. The van der Waals surface area contributed by atoms with Crippen molar-refractivity contribution in [2.24, 2.45) is 5.73 Å². The standard InChI is InChI=1S/C14H12FNS2/c1-8-6-9(15)2-3-10(8)14(16)13-7-12-11(18-13)4-5-17-12/h2-7,14H,16H2,1H3. The lowest BCUT2D eigenvalue weighted by atomic mass is 10.0. The number of hydrogen-bond acceptors (Lipinski definition) is 3. The van der Waals surface area contributed by atoms with Gasteiger partial charge in [-0.05, 0) is 47.7 Å². The highest BCUT2D eigenvalue weighted by Crippen LogP contribution is 2.35. The van der Waals surface area contributed by atoms with Gasteiger partial charge >= 0.3 is 0 Å². The van der Waals surface area contributed by atoms with Gasteiger partial charge in [0.15, 0.2) is 0 Å².